The van der Waals surface area contributed by atoms with Crippen molar-refractivity contribution in [3.8, 4) is 17.6 Å². The van der Waals surface area contributed by atoms with Crippen LogP contribution >= 0.6 is 27.7 Å². The predicted molar refractivity (Wildman–Crippen MR) is 120 cm³/mol. The number of fused-ring (bicyclic) bond motifs is 1. The summed E-state index contributed by atoms with van der Waals surface area (Å²) in [4.78, 5) is 16.9. The normalized spacial score (nSPS) is 18.7. The van der Waals surface area contributed by atoms with Gasteiger partial charge in [-0.15, -0.1) is 0 Å². The summed E-state index contributed by atoms with van der Waals surface area (Å²) in [6, 6.07) is 15.8. The van der Waals surface area contributed by atoms with Gasteiger partial charge in [0.1, 0.15) is 11.5 Å². The third kappa shape index (κ3) is 3.75. The van der Waals surface area contributed by atoms with Crippen molar-refractivity contribution in [1.82, 2.24) is 4.90 Å². The van der Waals surface area contributed by atoms with E-state index >= 15 is 0 Å². The van der Waals surface area contributed by atoms with Crippen molar-refractivity contribution < 1.29 is 14.3 Å². The van der Waals surface area contributed by atoms with Crippen LogP contribution in [0.1, 0.15) is 17.9 Å². The van der Waals surface area contributed by atoms with E-state index in [9.17, 15) is 10.1 Å². The summed E-state index contributed by atoms with van der Waals surface area (Å²) in [5.41, 5.74) is 2.51. The second-order valence-electron chi connectivity index (χ2n) is 6.96. The van der Waals surface area contributed by atoms with Gasteiger partial charge in [0.2, 0.25) is 5.91 Å². The largest absolute Gasteiger partial charge is 0.497 e. The third-order valence-electron chi connectivity index (χ3n) is 5.27. The maximum Gasteiger partial charge on any atom is 0.229 e. The molecule has 8 heteroatoms. The molecule has 0 N–H and O–H groups in total. The Hall–Kier alpha value is -2.63. The monoisotopic (exact) mass is 485 g/mol. The zero-order valence-corrected chi connectivity index (χ0v) is 19.0. The van der Waals surface area contributed by atoms with Gasteiger partial charge in [-0.25, -0.2) is 0 Å². The molecule has 0 spiro atoms. The van der Waals surface area contributed by atoms with Crippen molar-refractivity contribution in [3.63, 3.8) is 0 Å². The Labute approximate surface area is 188 Å². The number of hydrogen-bond donors (Lipinski definition) is 0. The number of ether oxygens (including phenoxy) is 2. The first kappa shape index (κ1) is 20.6. The number of halogens is 1. The van der Waals surface area contributed by atoms with Crippen LogP contribution in [0.4, 0.5) is 5.69 Å². The summed E-state index contributed by atoms with van der Waals surface area (Å²) in [5.74, 6) is 1.79. The molecule has 1 amide bonds. The molecule has 1 atom stereocenters. The number of allylic oxidation sites excluding steroid dienone is 1. The second-order valence-corrected chi connectivity index (χ2v) is 8.81. The molecule has 2 aromatic carbocycles. The standard InChI is InChI=1S/C22H20BrN3O3S/c1-28-16-6-7-19(20(9-16)29-2)25-12-26-21(27)10-17(14-4-3-5-15(23)8-14)18(11-24)22(26)30-13-25/h3-9,17H,10,12-13H2,1-2H3/t17-/m1/s1. The van der Waals surface area contributed by atoms with Crippen LogP contribution in [-0.2, 0) is 4.79 Å². The highest BCUT2D eigenvalue weighted by molar-refractivity contribution is 9.10. The van der Waals surface area contributed by atoms with Crippen LogP contribution in [0.3, 0.4) is 0 Å². The zero-order chi connectivity index (χ0) is 21.3. The SMILES string of the molecule is COc1ccc(N2CSC3=C(C#N)[C@@H](c4cccc(Br)c4)CC(=O)N3C2)c(OC)c1. The smallest absolute Gasteiger partial charge is 0.229 e. The number of amides is 1. The number of nitriles is 1. The molecular weight excluding hydrogens is 466 g/mol. The molecule has 2 heterocycles. The van der Waals surface area contributed by atoms with E-state index in [0.29, 0.717) is 29.6 Å². The number of rotatable bonds is 4. The average molecular weight is 486 g/mol. The molecule has 0 radical (unpaired) electrons. The number of thioether (sulfide) groups is 1. The van der Waals surface area contributed by atoms with Crippen LogP contribution < -0.4 is 14.4 Å². The predicted octanol–water partition coefficient (Wildman–Crippen LogP) is 4.69. The molecule has 30 heavy (non-hydrogen) atoms. The summed E-state index contributed by atoms with van der Waals surface area (Å²) in [6.45, 7) is 0.375. The minimum atomic E-state index is -0.221. The fraction of sp³-hybridized carbons (Fsp3) is 0.273. The lowest BCUT2D eigenvalue weighted by atomic mass is 9.86. The van der Waals surface area contributed by atoms with Crippen molar-refractivity contribution in [3.05, 3.63) is 63.1 Å². The number of carbonyl (C=O) groups excluding carboxylic acids is 1. The molecule has 0 saturated carbocycles. The van der Waals surface area contributed by atoms with Gasteiger partial charge in [-0.3, -0.25) is 9.69 Å². The first-order valence-corrected chi connectivity index (χ1v) is 11.1. The van der Waals surface area contributed by atoms with Crippen LogP contribution in [0.2, 0.25) is 0 Å². The average Bonchev–Trinajstić information content (AvgIpc) is 2.78. The molecule has 2 aliphatic heterocycles. The van der Waals surface area contributed by atoms with Gasteiger partial charge in [0.05, 0.1) is 49.1 Å². The maximum atomic E-state index is 13.1. The topological polar surface area (TPSA) is 65.8 Å². The number of benzene rings is 2. The minimum Gasteiger partial charge on any atom is -0.497 e. The van der Waals surface area contributed by atoms with Crippen LogP contribution in [-0.4, -0.2) is 37.6 Å². The molecule has 0 aliphatic carbocycles. The molecular formula is C22H20BrN3O3S. The lowest BCUT2D eigenvalue weighted by molar-refractivity contribution is -0.129. The summed E-state index contributed by atoms with van der Waals surface area (Å²) < 4.78 is 11.7. The van der Waals surface area contributed by atoms with Gasteiger partial charge < -0.3 is 14.4 Å². The molecule has 154 valence electrons. The maximum absolute atomic E-state index is 13.1. The van der Waals surface area contributed by atoms with Crippen LogP contribution in [0.5, 0.6) is 11.5 Å². The molecule has 1 saturated heterocycles. The van der Waals surface area contributed by atoms with E-state index in [-0.39, 0.29) is 18.2 Å². The molecule has 0 bridgehead atoms. The van der Waals surface area contributed by atoms with E-state index in [4.69, 9.17) is 9.47 Å². The van der Waals surface area contributed by atoms with Gasteiger partial charge in [0.15, 0.2) is 0 Å². The first-order chi connectivity index (χ1) is 14.5. The van der Waals surface area contributed by atoms with Crippen molar-refractivity contribution in [2.45, 2.75) is 12.3 Å². The molecule has 2 aromatic rings. The molecule has 0 aromatic heterocycles. The van der Waals surface area contributed by atoms with Crippen LogP contribution in [0, 0.1) is 11.3 Å². The van der Waals surface area contributed by atoms with E-state index in [1.807, 2.05) is 42.5 Å². The third-order valence-corrected chi connectivity index (χ3v) is 6.92. The van der Waals surface area contributed by atoms with E-state index in [1.165, 1.54) is 11.8 Å². The minimum absolute atomic E-state index is 0.0126. The first-order valence-electron chi connectivity index (χ1n) is 9.35. The Kier molecular flexibility index (Phi) is 5.93. The van der Waals surface area contributed by atoms with E-state index in [0.717, 1.165) is 20.8 Å². The van der Waals surface area contributed by atoms with Gasteiger partial charge in [-0.1, -0.05) is 39.8 Å². The Morgan fingerprint density at radius 2 is 2.03 bits per heavy atom. The van der Waals surface area contributed by atoms with Crippen molar-refractivity contribution in [2.75, 3.05) is 31.7 Å². The summed E-state index contributed by atoms with van der Waals surface area (Å²) in [5, 5.41) is 10.7. The second kappa shape index (κ2) is 8.62. The van der Waals surface area contributed by atoms with Gasteiger partial charge >= 0.3 is 0 Å². The number of hydrogen-bond acceptors (Lipinski definition) is 6. The highest BCUT2D eigenvalue weighted by Crippen LogP contribution is 2.44. The van der Waals surface area contributed by atoms with Gasteiger partial charge in [-0.2, -0.15) is 5.26 Å². The molecule has 1 fully saturated rings. The van der Waals surface area contributed by atoms with Gasteiger partial charge in [-0.05, 0) is 29.8 Å². The Balaban J connectivity index is 1.66. The number of carbonyl (C=O) groups is 1. The zero-order valence-electron chi connectivity index (χ0n) is 16.6. The summed E-state index contributed by atoms with van der Waals surface area (Å²) >= 11 is 4.99. The van der Waals surface area contributed by atoms with Crippen molar-refractivity contribution >= 4 is 39.3 Å². The highest BCUT2D eigenvalue weighted by atomic mass is 79.9. The summed E-state index contributed by atoms with van der Waals surface area (Å²) in [6.07, 6.45) is 0.275. The quantitative estimate of drug-likeness (QED) is 0.625. The molecule has 6 nitrogen and oxygen atoms in total. The van der Waals surface area contributed by atoms with Crippen molar-refractivity contribution in [1.29, 1.82) is 5.26 Å². The fourth-order valence-electron chi connectivity index (χ4n) is 3.77. The molecule has 2 aliphatic rings. The Morgan fingerprint density at radius 1 is 1.20 bits per heavy atom. The molecule has 4 rings (SSSR count). The van der Waals surface area contributed by atoms with Crippen molar-refractivity contribution in [2.24, 2.45) is 0 Å². The lowest BCUT2D eigenvalue weighted by Gasteiger charge is -2.42. The highest BCUT2D eigenvalue weighted by Gasteiger charge is 2.38. The van der Waals surface area contributed by atoms with Crippen LogP contribution in [0.15, 0.2) is 57.5 Å². The number of nitrogens with zero attached hydrogens (tertiary/aromatic N) is 3. The Bertz CT molecular complexity index is 1070. The van der Waals surface area contributed by atoms with E-state index in [1.54, 1.807) is 19.1 Å². The van der Waals surface area contributed by atoms with Gasteiger partial charge in [0, 0.05) is 22.9 Å². The summed E-state index contributed by atoms with van der Waals surface area (Å²) in [7, 11) is 3.23. The van der Waals surface area contributed by atoms with Gasteiger partial charge in [0.25, 0.3) is 0 Å². The lowest BCUT2D eigenvalue weighted by Crippen LogP contribution is -2.47. The van der Waals surface area contributed by atoms with Crippen LogP contribution in [0.25, 0.3) is 0 Å². The molecule has 0 unspecified atom stereocenters. The van der Waals surface area contributed by atoms with E-state index in [2.05, 4.69) is 26.9 Å². The van der Waals surface area contributed by atoms with E-state index < -0.39 is 0 Å². The number of anilines is 1. The Morgan fingerprint density at radius 3 is 2.73 bits per heavy atom. The fourth-order valence-corrected chi connectivity index (χ4v) is 5.34. The number of methoxy groups -OCH3 is 2.